The van der Waals surface area contributed by atoms with E-state index in [0.717, 1.165) is 31.4 Å². The van der Waals surface area contributed by atoms with Crippen LogP contribution in [0.3, 0.4) is 0 Å². The molecule has 0 bridgehead atoms. The van der Waals surface area contributed by atoms with Crippen LogP contribution in [-0.2, 0) is 24.2 Å². The molecule has 2 nitrogen and oxygen atoms in total. The maximum Gasteiger partial charge on any atom is 0.128 e. The third-order valence-corrected chi connectivity index (χ3v) is 5.28. The summed E-state index contributed by atoms with van der Waals surface area (Å²) >= 11 is 0. The number of benzene rings is 3. The van der Waals surface area contributed by atoms with Crippen LogP contribution >= 0.6 is 0 Å². The van der Waals surface area contributed by atoms with Crippen molar-refractivity contribution < 1.29 is 9.84 Å². The molecule has 142 valence electrons. The molecule has 1 unspecified atom stereocenters. The fourth-order valence-electron chi connectivity index (χ4n) is 3.56. The Hall–Kier alpha value is -2.84. The number of fused-ring (bicyclic) bond motifs is 1. The van der Waals surface area contributed by atoms with Gasteiger partial charge in [-0.15, -0.1) is 0 Å². The van der Waals surface area contributed by atoms with Gasteiger partial charge in [0.1, 0.15) is 12.4 Å². The fraction of sp³-hybridized carbons (Fsp3) is 0.231. The van der Waals surface area contributed by atoms with Crippen molar-refractivity contribution in [1.29, 1.82) is 0 Å². The molecule has 0 fully saturated rings. The first-order valence-corrected chi connectivity index (χ1v) is 10.0. The Labute approximate surface area is 167 Å². The maximum absolute atomic E-state index is 10.3. The summed E-state index contributed by atoms with van der Waals surface area (Å²) in [5, 5.41) is 10.3. The predicted octanol–water partition coefficient (Wildman–Crippen LogP) is 5.64. The molecule has 1 aliphatic carbocycles. The van der Waals surface area contributed by atoms with Gasteiger partial charge in [0.15, 0.2) is 0 Å². The Morgan fingerprint density at radius 1 is 0.714 bits per heavy atom. The van der Waals surface area contributed by atoms with Gasteiger partial charge in [-0.25, -0.2) is 0 Å². The van der Waals surface area contributed by atoms with Crippen molar-refractivity contribution >= 4 is 11.8 Å². The summed E-state index contributed by atoms with van der Waals surface area (Å²) in [5.74, 6) is 0.966. The van der Waals surface area contributed by atoms with Gasteiger partial charge < -0.3 is 9.84 Å². The molecule has 0 aromatic heterocycles. The third kappa shape index (κ3) is 4.71. The molecule has 1 aliphatic rings. The van der Waals surface area contributed by atoms with Gasteiger partial charge in [0.05, 0.1) is 6.10 Å². The van der Waals surface area contributed by atoms with E-state index in [2.05, 4.69) is 60.7 Å². The Bertz CT molecular complexity index is 929. The molecular formula is C26H26O2. The molecular weight excluding hydrogens is 344 g/mol. The van der Waals surface area contributed by atoms with Crippen molar-refractivity contribution in [3.63, 3.8) is 0 Å². The van der Waals surface area contributed by atoms with Gasteiger partial charge >= 0.3 is 0 Å². The number of aliphatic hydroxyl groups is 1. The predicted molar refractivity (Wildman–Crippen MR) is 115 cm³/mol. The van der Waals surface area contributed by atoms with E-state index in [-0.39, 0.29) is 6.10 Å². The zero-order chi connectivity index (χ0) is 19.2. The van der Waals surface area contributed by atoms with Crippen LogP contribution in [0, 0.1) is 0 Å². The standard InChI is InChI=1S/C26H26O2/c27-24(14-11-20-7-3-1-4-8-20)15-12-21-13-16-25-23(17-21)18-26(25)28-19-22-9-5-2-6-10-22/h1-10,13,16-18,24,27H,11-12,14-15,19H2. The highest BCUT2D eigenvalue weighted by molar-refractivity contribution is 5.92. The van der Waals surface area contributed by atoms with Crippen LogP contribution in [-0.4, -0.2) is 11.2 Å². The second kappa shape index (κ2) is 8.90. The lowest BCUT2D eigenvalue weighted by Crippen LogP contribution is -2.10. The van der Waals surface area contributed by atoms with Crippen molar-refractivity contribution in [3.8, 4) is 0 Å². The second-order valence-corrected chi connectivity index (χ2v) is 7.42. The van der Waals surface area contributed by atoms with Crippen molar-refractivity contribution in [1.82, 2.24) is 0 Å². The molecule has 3 aromatic carbocycles. The lowest BCUT2D eigenvalue weighted by molar-refractivity contribution is 0.155. The van der Waals surface area contributed by atoms with Gasteiger partial charge in [-0.1, -0.05) is 78.9 Å². The van der Waals surface area contributed by atoms with E-state index < -0.39 is 0 Å². The number of hydrogen-bond acceptors (Lipinski definition) is 2. The number of aryl methyl sites for hydroxylation is 2. The number of ether oxygens (including phenoxy) is 1. The smallest absolute Gasteiger partial charge is 0.128 e. The van der Waals surface area contributed by atoms with Crippen LogP contribution in [0.4, 0.5) is 0 Å². The largest absolute Gasteiger partial charge is 0.488 e. The monoisotopic (exact) mass is 370 g/mol. The van der Waals surface area contributed by atoms with E-state index in [4.69, 9.17) is 4.74 Å². The lowest BCUT2D eigenvalue weighted by Gasteiger charge is -2.21. The van der Waals surface area contributed by atoms with Gasteiger partial charge in [-0.3, -0.25) is 0 Å². The summed E-state index contributed by atoms with van der Waals surface area (Å²) < 4.78 is 5.92. The molecule has 1 atom stereocenters. The van der Waals surface area contributed by atoms with Gasteiger partial charge in [0.2, 0.25) is 0 Å². The molecule has 3 aromatic rings. The molecule has 2 heteroatoms. The van der Waals surface area contributed by atoms with E-state index in [1.807, 2.05) is 24.3 Å². The van der Waals surface area contributed by atoms with Crippen molar-refractivity contribution in [2.24, 2.45) is 0 Å². The molecule has 0 amide bonds. The van der Waals surface area contributed by atoms with Crippen LogP contribution in [0.5, 0.6) is 0 Å². The molecule has 1 N–H and O–H groups in total. The Morgan fingerprint density at radius 2 is 1.36 bits per heavy atom. The highest BCUT2D eigenvalue weighted by Crippen LogP contribution is 2.34. The van der Waals surface area contributed by atoms with E-state index >= 15 is 0 Å². The topological polar surface area (TPSA) is 29.5 Å². The van der Waals surface area contributed by atoms with Crippen LogP contribution < -0.4 is 0 Å². The zero-order valence-corrected chi connectivity index (χ0v) is 16.1. The van der Waals surface area contributed by atoms with Crippen LogP contribution in [0.25, 0.3) is 11.8 Å². The minimum atomic E-state index is -0.258. The van der Waals surface area contributed by atoms with Crippen molar-refractivity contribution in [2.75, 3.05) is 0 Å². The Balaban J connectivity index is 1.24. The molecule has 0 spiro atoms. The fourth-order valence-corrected chi connectivity index (χ4v) is 3.56. The molecule has 0 heterocycles. The van der Waals surface area contributed by atoms with E-state index in [1.54, 1.807) is 0 Å². The number of rotatable bonds is 9. The maximum atomic E-state index is 10.3. The summed E-state index contributed by atoms with van der Waals surface area (Å²) in [5.41, 5.74) is 6.16. The van der Waals surface area contributed by atoms with Crippen molar-refractivity contribution in [2.45, 2.75) is 38.4 Å². The minimum absolute atomic E-state index is 0.258. The summed E-state index contributed by atoms with van der Waals surface area (Å²) in [6.45, 7) is 0.599. The first-order chi connectivity index (χ1) is 13.8. The van der Waals surface area contributed by atoms with Crippen LogP contribution in [0.1, 0.15) is 40.7 Å². The molecule has 28 heavy (non-hydrogen) atoms. The minimum Gasteiger partial charge on any atom is -0.488 e. The number of aliphatic hydroxyl groups excluding tert-OH is 1. The van der Waals surface area contributed by atoms with Crippen LogP contribution in [0.15, 0.2) is 78.9 Å². The Morgan fingerprint density at radius 3 is 2.04 bits per heavy atom. The van der Waals surface area contributed by atoms with E-state index in [9.17, 15) is 5.11 Å². The molecule has 0 saturated carbocycles. The van der Waals surface area contributed by atoms with E-state index in [1.165, 1.54) is 27.8 Å². The van der Waals surface area contributed by atoms with Gasteiger partial charge in [-0.05, 0) is 54.0 Å². The molecule has 4 rings (SSSR count). The molecule has 0 radical (unpaired) electrons. The molecule has 0 saturated heterocycles. The van der Waals surface area contributed by atoms with Crippen LogP contribution in [0.2, 0.25) is 0 Å². The first kappa shape index (κ1) is 18.5. The normalized spacial score (nSPS) is 13.2. The summed E-state index contributed by atoms with van der Waals surface area (Å²) in [4.78, 5) is 0. The zero-order valence-electron chi connectivity index (χ0n) is 16.1. The Kier molecular flexibility index (Phi) is 5.89. The molecule has 0 aliphatic heterocycles. The average Bonchev–Trinajstić information content (AvgIpc) is 2.73. The van der Waals surface area contributed by atoms with E-state index in [0.29, 0.717) is 6.61 Å². The van der Waals surface area contributed by atoms with Gasteiger partial charge in [0, 0.05) is 5.56 Å². The summed E-state index contributed by atoms with van der Waals surface area (Å²) in [6.07, 6.45) is 5.28. The first-order valence-electron chi connectivity index (χ1n) is 10.0. The highest BCUT2D eigenvalue weighted by atomic mass is 16.5. The quantitative estimate of drug-likeness (QED) is 0.528. The van der Waals surface area contributed by atoms with Crippen molar-refractivity contribution in [3.05, 3.63) is 107 Å². The highest BCUT2D eigenvalue weighted by Gasteiger charge is 2.18. The van der Waals surface area contributed by atoms with Gasteiger partial charge in [0.25, 0.3) is 0 Å². The number of hydrogen-bond donors (Lipinski definition) is 1. The average molecular weight is 370 g/mol. The SMILES string of the molecule is OC(CCc1ccccc1)CCc1ccc2c(c1)C=C2OCc1ccccc1. The third-order valence-electron chi connectivity index (χ3n) is 5.28. The lowest BCUT2D eigenvalue weighted by atomic mass is 9.91. The van der Waals surface area contributed by atoms with Gasteiger partial charge in [-0.2, -0.15) is 0 Å². The second-order valence-electron chi connectivity index (χ2n) is 7.42. The summed E-state index contributed by atoms with van der Waals surface area (Å²) in [6, 6.07) is 27.1. The summed E-state index contributed by atoms with van der Waals surface area (Å²) in [7, 11) is 0.